The van der Waals surface area contributed by atoms with Gasteiger partial charge in [0.25, 0.3) is 0 Å². The minimum Gasteiger partial charge on any atom is -0.356 e. The molecule has 1 rings (SSSR count). The van der Waals surface area contributed by atoms with Crippen LogP contribution in [0.1, 0.15) is 44.6 Å². The summed E-state index contributed by atoms with van der Waals surface area (Å²) in [5.74, 6) is 0.185. The summed E-state index contributed by atoms with van der Waals surface area (Å²) in [6, 6.07) is 4.03. The number of amides is 1. The van der Waals surface area contributed by atoms with E-state index in [2.05, 4.69) is 23.3 Å². The second kappa shape index (κ2) is 8.74. The van der Waals surface area contributed by atoms with Gasteiger partial charge < -0.3 is 5.32 Å². The molecular formula is C14H22N2O. The second-order valence-electron chi connectivity index (χ2n) is 4.27. The van der Waals surface area contributed by atoms with Crippen LogP contribution in [0, 0.1) is 0 Å². The topological polar surface area (TPSA) is 42.0 Å². The Morgan fingerprint density at radius 3 is 2.94 bits per heavy atom. The molecule has 0 saturated heterocycles. The van der Waals surface area contributed by atoms with E-state index in [-0.39, 0.29) is 5.91 Å². The van der Waals surface area contributed by atoms with E-state index in [1.807, 2.05) is 12.3 Å². The Bertz CT molecular complexity index is 311. The summed E-state index contributed by atoms with van der Waals surface area (Å²) in [5, 5.41) is 2.93. The summed E-state index contributed by atoms with van der Waals surface area (Å²) in [4.78, 5) is 15.5. The van der Waals surface area contributed by atoms with E-state index in [0.29, 0.717) is 6.42 Å². The molecule has 1 N–H and O–H groups in total. The van der Waals surface area contributed by atoms with E-state index < -0.39 is 0 Å². The van der Waals surface area contributed by atoms with Crippen LogP contribution in [0.15, 0.2) is 24.5 Å². The first kappa shape index (κ1) is 13.7. The van der Waals surface area contributed by atoms with E-state index in [4.69, 9.17) is 0 Å². The number of carbonyl (C=O) groups excluding carboxylic acids is 1. The Hall–Kier alpha value is -1.38. The molecule has 0 unspecified atom stereocenters. The lowest BCUT2D eigenvalue weighted by molar-refractivity contribution is -0.121. The summed E-state index contributed by atoms with van der Waals surface area (Å²) in [6.07, 6.45) is 9.52. The lowest BCUT2D eigenvalue weighted by Crippen LogP contribution is -2.23. The lowest BCUT2D eigenvalue weighted by atomic mass is 10.1. The summed E-state index contributed by atoms with van der Waals surface area (Å²) in [7, 11) is 0. The Kier molecular flexibility index (Phi) is 7.03. The first-order valence-electron chi connectivity index (χ1n) is 6.48. The summed E-state index contributed by atoms with van der Waals surface area (Å²) in [5.41, 5.74) is 1.25. The van der Waals surface area contributed by atoms with E-state index in [1.165, 1.54) is 5.56 Å². The van der Waals surface area contributed by atoms with E-state index in [1.54, 1.807) is 6.20 Å². The van der Waals surface area contributed by atoms with Crippen LogP contribution in [0.5, 0.6) is 0 Å². The van der Waals surface area contributed by atoms with Gasteiger partial charge in [0.15, 0.2) is 0 Å². The molecule has 0 bridgehead atoms. The van der Waals surface area contributed by atoms with E-state index >= 15 is 0 Å². The molecule has 0 aliphatic rings. The van der Waals surface area contributed by atoms with Crippen LogP contribution in [0.3, 0.4) is 0 Å². The zero-order valence-electron chi connectivity index (χ0n) is 10.6. The van der Waals surface area contributed by atoms with Gasteiger partial charge in [0.05, 0.1) is 0 Å². The van der Waals surface area contributed by atoms with Crippen molar-refractivity contribution in [2.75, 3.05) is 6.54 Å². The normalized spacial score (nSPS) is 10.2. The monoisotopic (exact) mass is 234 g/mol. The molecule has 0 aliphatic carbocycles. The Morgan fingerprint density at radius 1 is 1.35 bits per heavy atom. The minimum atomic E-state index is 0.185. The highest BCUT2D eigenvalue weighted by atomic mass is 16.1. The quantitative estimate of drug-likeness (QED) is 0.703. The summed E-state index contributed by atoms with van der Waals surface area (Å²) in [6.45, 7) is 2.94. The average molecular weight is 234 g/mol. The number of nitrogens with one attached hydrogen (secondary N) is 1. The smallest absolute Gasteiger partial charge is 0.219 e. The van der Waals surface area contributed by atoms with Crippen LogP contribution in [-0.2, 0) is 11.2 Å². The van der Waals surface area contributed by atoms with Crippen molar-refractivity contribution in [3.63, 3.8) is 0 Å². The van der Waals surface area contributed by atoms with Crippen molar-refractivity contribution in [3.05, 3.63) is 30.1 Å². The van der Waals surface area contributed by atoms with E-state index in [0.717, 1.165) is 38.6 Å². The largest absolute Gasteiger partial charge is 0.356 e. The van der Waals surface area contributed by atoms with Gasteiger partial charge in [-0.15, -0.1) is 0 Å². The Labute approximate surface area is 104 Å². The van der Waals surface area contributed by atoms with Crippen molar-refractivity contribution in [3.8, 4) is 0 Å². The zero-order valence-corrected chi connectivity index (χ0v) is 10.6. The number of rotatable bonds is 8. The van der Waals surface area contributed by atoms with Gasteiger partial charge in [-0.2, -0.15) is 0 Å². The molecule has 0 saturated carbocycles. The van der Waals surface area contributed by atoms with Gasteiger partial charge in [-0.3, -0.25) is 9.78 Å². The van der Waals surface area contributed by atoms with Crippen molar-refractivity contribution in [2.24, 2.45) is 0 Å². The minimum absolute atomic E-state index is 0.185. The fraction of sp³-hybridized carbons (Fsp3) is 0.571. The van der Waals surface area contributed by atoms with Crippen molar-refractivity contribution in [1.82, 2.24) is 10.3 Å². The number of carbonyl (C=O) groups is 1. The summed E-state index contributed by atoms with van der Waals surface area (Å²) < 4.78 is 0. The fourth-order valence-electron chi connectivity index (χ4n) is 1.65. The predicted molar refractivity (Wildman–Crippen MR) is 69.7 cm³/mol. The van der Waals surface area contributed by atoms with E-state index in [9.17, 15) is 4.79 Å². The van der Waals surface area contributed by atoms with Crippen molar-refractivity contribution >= 4 is 5.91 Å². The number of aryl methyl sites for hydroxylation is 1. The molecule has 0 aliphatic heterocycles. The molecule has 1 amide bonds. The number of aromatic nitrogens is 1. The first-order chi connectivity index (χ1) is 8.33. The molecule has 0 fully saturated rings. The average Bonchev–Trinajstić information content (AvgIpc) is 2.36. The molecule has 94 valence electrons. The number of nitrogens with zero attached hydrogens (tertiary/aromatic N) is 1. The molecule has 1 heterocycles. The molecule has 0 radical (unpaired) electrons. The predicted octanol–water partition coefficient (Wildman–Crippen LogP) is 2.71. The van der Waals surface area contributed by atoms with Gasteiger partial charge in [0, 0.05) is 25.4 Å². The van der Waals surface area contributed by atoms with Crippen molar-refractivity contribution < 1.29 is 4.79 Å². The fourth-order valence-corrected chi connectivity index (χ4v) is 1.65. The second-order valence-corrected chi connectivity index (χ2v) is 4.27. The molecule has 17 heavy (non-hydrogen) atoms. The van der Waals surface area contributed by atoms with Gasteiger partial charge in [0.2, 0.25) is 5.91 Å². The van der Waals surface area contributed by atoms with Crippen LogP contribution < -0.4 is 5.32 Å². The molecule has 0 spiro atoms. The Balaban J connectivity index is 2.02. The molecule has 3 heteroatoms. The van der Waals surface area contributed by atoms with Crippen LogP contribution in [0.25, 0.3) is 0 Å². The van der Waals surface area contributed by atoms with Gasteiger partial charge in [-0.25, -0.2) is 0 Å². The number of unbranched alkanes of at least 4 members (excludes halogenated alkanes) is 2. The zero-order chi connectivity index (χ0) is 12.3. The van der Waals surface area contributed by atoms with Gasteiger partial charge in [-0.1, -0.05) is 19.4 Å². The summed E-state index contributed by atoms with van der Waals surface area (Å²) >= 11 is 0. The maximum Gasteiger partial charge on any atom is 0.219 e. The highest BCUT2D eigenvalue weighted by Crippen LogP contribution is 2.04. The molecule has 0 atom stereocenters. The third-order valence-electron chi connectivity index (χ3n) is 2.69. The molecule has 3 nitrogen and oxygen atoms in total. The number of pyridine rings is 1. The standard InChI is InChI=1S/C14H22N2O/c1-2-3-11-16-14(17)9-5-4-7-13-8-6-10-15-12-13/h6,8,10,12H,2-5,7,9,11H2,1H3,(H,16,17). The Morgan fingerprint density at radius 2 is 2.24 bits per heavy atom. The van der Waals surface area contributed by atoms with Crippen molar-refractivity contribution in [1.29, 1.82) is 0 Å². The van der Waals surface area contributed by atoms with Crippen LogP contribution >= 0.6 is 0 Å². The molecular weight excluding hydrogens is 212 g/mol. The van der Waals surface area contributed by atoms with Gasteiger partial charge in [-0.05, 0) is 37.3 Å². The van der Waals surface area contributed by atoms with Crippen molar-refractivity contribution in [2.45, 2.75) is 45.4 Å². The van der Waals surface area contributed by atoms with Crippen LogP contribution in [0.2, 0.25) is 0 Å². The lowest BCUT2D eigenvalue weighted by Gasteiger charge is -2.04. The third-order valence-corrected chi connectivity index (χ3v) is 2.69. The van der Waals surface area contributed by atoms with Crippen LogP contribution in [0.4, 0.5) is 0 Å². The maximum absolute atomic E-state index is 11.4. The van der Waals surface area contributed by atoms with Crippen LogP contribution in [-0.4, -0.2) is 17.4 Å². The third kappa shape index (κ3) is 6.72. The maximum atomic E-state index is 11.4. The SMILES string of the molecule is CCCCNC(=O)CCCCc1cccnc1. The molecule has 0 aromatic carbocycles. The molecule has 1 aromatic heterocycles. The van der Waals surface area contributed by atoms with Gasteiger partial charge >= 0.3 is 0 Å². The molecule has 1 aromatic rings. The highest BCUT2D eigenvalue weighted by Gasteiger charge is 2.00. The number of hydrogen-bond donors (Lipinski definition) is 1. The number of hydrogen-bond acceptors (Lipinski definition) is 2. The first-order valence-corrected chi connectivity index (χ1v) is 6.48. The van der Waals surface area contributed by atoms with Gasteiger partial charge in [0.1, 0.15) is 0 Å². The highest BCUT2D eigenvalue weighted by molar-refractivity contribution is 5.75.